The number of nitrogens with zero attached hydrogens (tertiary/aromatic N) is 1. The van der Waals surface area contributed by atoms with Crippen molar-refractivity contribution in [1.29, 1.82) is 0 Å². The molecule has 1 aliphatic heterocycles. The van der Waals surface area contributed by atoms with Crippen molar-refractivity contribution < 1.29 is 13.6 Å². The van der Waals surface area contributed by atoms with Crippen LogP contribution in [-0.2, 0) is 0 Å². The van der Waals surface area contributed by atoms with Gasteiger partial charge in [-0.3, -0.25) is 9.59 Å². The maximum Gasteiger partial charge on any atom is 0.290 e. The zero-order chi connectivity index (χ0) is 16.4. The van der Waals surface area contributed by atoms with Crippen LogP contribution in [0.25, 0.3) is 0 Å². The summed E-state index contributed by atoms with van der Waals surface area (Å²) in [5.74, 6) is -0.194. The molecule has 1 amide bonds. The van der Waals surface area contributed by atoms with Crippen molar-refractivity contribution in [1.82, 2.24) is 4.90 Å². The minimum absolute atomic E-state index is 0.0401. The van der Waals surface area contributed by atoms with E-state index in [-0.39, 0.29) is 29.0 Å². The molecule has 120 valence electrons. The van der Waals surface area contributed by atoms with Gasteiger partial charge in [-0.15, -0.1) is 0 Å². The van der Waals surface area contributed by atoms with Crippen LogP contribution >= 0.6 is 0 Å². The Morgan fingerprint density at radius 1 is 1.26 bits per heavy atom. The second kappa shape index (κ2) is 6.36. The predicted octanol–water partition coefficient (Wildman–Crippen LogP) is 3.45. The Morgan fingerprint density at radius 3 is 2.83 bits per heavy atom. The molecule has 1 aliphatic rings. The fourth-order valence-electron chi connectivity index (χ4n) is 3.09. The first-order chi connectivity index (χ1) is 11.0. The van der Waals surface area contributed by atoms with E-state index in [9.17, 15) is 14.0 Å². The van der Waals surface area contributed by atoms with E-state index in [0.717, 1.165) is 24.8 Å². The maximum atomic E-state index is 13.5. The van der Waals surface area contributed by atoms with Gasteiger partial charge in [-0.1, -0.05) is 12.1 Å². The van der Waals surface area contributed by atoms with Gasteiger partial charge in [-0.25, -0.2) is 4.39 Å². The van der Waals surface area contributed by atoms with Crippen molar-refractivity contribution in [3.8, 4) is 0 Å². The Kier molecular flexibility index (Phi) is 4.28. The monoisotopic (exact) mass is 315 g/mol. The Morgan fingerprint density at radius 2 is 2.09 bits per heavy atom. The van der Waals surface area contributed by atoms with Crippen LogP contribution in [0.4, 0.5) is 4.39 Å². The zero-order valence-electron chi connectivity index (χ0n) is 12.9. The largest absolute Gasteiger partial charge is 0.456 e. The predicted molar refractivity (Wildman–Crippen MR) is 83.7 cm³/mol. The molecule has 1 atom stereocenters. The van der Waals surface area contributed by atoms with Crippen LogP contribution in [0.2, 0.25) is 0 Å². The van der Waals surface area contributed by atoms with Gasteiger partial charge in [0.15, 0.2) is 11.2 Å². The van der Waals surface area contributed by atoms with Gasteiger partial charge < -0.3 is 9.32 Å². The smallest absolute Gasteiger partial charge is 0.290 e. The molecule has 5 heteroatoms. The summed E-state index contributed by atoms with van der Waals surface area (Å²) >= 11 is 0. The van der Waals surface area contributed by atoms with Gasteiger partial charge in [-0.2, -0.15) is 0 Å². The van der Waals surface area contributed by atoms with Crippen molar-refractivity contribution in [2.75, 3.05) is 6.54 Å². The third-order valence-corrected chi connectivity index (χ3v) is 4.10. The highest BCUT2D eigenvalue weighted by atomic mass is 19.1. The van der Waals surface area contributed by atoms with Crippen LogP contribution in [0.3, 0.4) is 0 Å². The van der Waals surface area contributed by atoms with E-state index >= 15 is 0 Å². The van der Waals surface area contributed by atoms with Gasteiger partial charge in [-0.05, 0) is 43.9 Å². The summed E-state index contributed by atoms with van der Waals surface area (Å²) in [4.78, 5) is 26.1. The van der Waals surface area contributed by atoms with Gasteiger partial charge >= 0.3 is 0 Å². The number of carbonyl (C=O) groups is 1. The maximum absolute atomic E-state index is 13.5. The average Bonchev–Trinajstić information content (AvgIpc) is 2.53. The highest BCUT2D eigenvalue weighted by molar-refractivity contribution is 5.91. The second-order valence-electron chi connectivity index (χ2n) is 5.83. The van der Waals surface area contributed by atoms with Crippen molar-refractivity contribution in [3.63, 3.8) is 0 Å². The molecule has 0 saturated carbocycles. The van der Waals surface area contributed by atoms with Gasteiger partial charge in [0.25, 0.3) is 5.91 Å². The summed E-state index contributed by atoms with van der Waals surface area (Å²) in [7, 11) is 0. The first-order valence-electron chi connectivity index (χ1n) is 7.73. The molecular weight excluding hydrogens is 297 g/mol. The minimum Gasteiger partial charge on any atom is -0.456 e. The number of rotatable bonds is 2. The SMILES string of the molecule is Cc1cc(=O)cc(C(=O)N2CCCC[C@@H]2c2cccc(F)c2)o1. The molecule has 1 fully saturated rings. The molecule has 2 heterocycles. The number of amides is 1. The molecule has 4 nitrogen and oxygen atoms in total. The zero-order valence-corrected chi connectivity index (χ0v) is 12.9. The van der Waals surface area contributed by atoms with Crippen LogP contribution in [0.1, 0.15) is 47.2 Å². The number of aryl methyl sites for hydroxylation is 1. The van der Waals surface area contributed by atoms with E-state index in [1.165, 1.54) is 24.3 Å². The molecule has 23 heavy (non-hydrogen) atoms. The molecule has 0 spiro atoms. The van der Waals surface area contributed by atoms with Crippen LogP contribution in [-0.4, -0.2) is 17.4 Å². The lowest BCUT2D eigenvalue weighted by molar-refractivity contribution is 0.0574. The van der Waals surface area contributed by atoms with E-state index in [1.54, 1.807) is 17.9 Å². The fraction of sp³-hybridized carbons (Fsp3) is 0.333. The Labute approximate surface area is 133 Å². The lowest BCUT2D eigenvalue weighted by atomic mass is 9.95. The van der Waals surface area contributed by atoms with E-state index in [0.29, 0.717) is 12.3 Å². The molecular formula is C18H18FNO3. The molecule has 1 saturated heterocycles. The first kappa shape index (κ1) is 15.5. The van der Waals surface area contributed by atoms with Gasteiger partial charge in [0, 0.05) is 18.7 Å². The highest BCUT2D eigenvalue weighted by Gasteiger charge is 2.30. The molecule has 0 radical (unpaired) electrons. The van der Waals surface area contributed by atoms with E-state index in [4.69, 9.17) is 4.42 Å². The number of hydrogen-bond donors (Lipinski definition) is 0. The molecule has 1 aromatic heterocycles. The van der Waals surface area contributed by atoms with Crippen LogP contribution in [0, 0.1) is 12.7 Å². The molecule has 2 aromatic rings. The van der Waals surface area contributed by atoms with Gasteiger partial charge in [0.05, 0.1) is 6.04 Å². The van der Waals surface area contributed by atoms with E-state index < -0.39 is 0 Å². The summed E-state index contributed by atoms with van der Waals surface area (Å²) in [5, 5.41) is 0. The molecule has 0 N–H and O–H groups in total. The van der Waals surface area contributed by atoms with E-state index in [1.807, 2.05) is 6.07 Å². The summed E-state index contributed by atoms with van der Waals surface area (Å²) < 4.78 is 18.9. The summed E-state index contributed by atoms with van der Waals surface area (Å²) in [6, 6.07) is 8.68. The third kappa shape index (κ3) is 3.33. The first-order valence-corrected chi connectivity index (χ1v) is 7.73. The molecule has 3 rings (SSSR count). The number of hydrogen-bond acceptors (Lipinski definition) is 3. The number of benzene rings is 1. The number of likely N-dealkylation sites (tertiary alicyclic amines) is 1. The summed E-state index contributed by atoms with van der Waals surface area (Å²) in [6.45, 7) is 2.20. The Hall–Kier alpha value is -2.43. The van der Waals surface area contributed by atoms with Crippen molar-refractivity contribution in [2.24, 2.45) is 0 Å². The van der Waals surface area contributed by atoms with E-state index in [2.05, 4.69) is 0 Å². The van der Waals surface area contributed by atoms with Crippen LogP contribution < -0.4 is 5.43 Å². The normalized spacial score (nSPS) is 18.0. The van der Waals surface area contributed by atoms with Crippen molar-refractivity contribution in [3.05, 3.63) is 69.5 Å². The standard InChI is InChI=1S/C18H18FNO3/c1-12-9-15(21)11-17(23-12)18(22)20-8-3-2-7-16(20)13-5-4-6-14(19)10-13/h4-6,9-11,16H,2-3,7-8H2,1H3/t16-/m1/s1. The summed E-state index contributed by atoms with van der Waals surface area (Å²) in [5.41, 5.74) is 0.518. The molecule has 0 unspecified atom stereocenters. The lowest BCUT2D eigenvalue weighted by Gasteiger charge is -2.35. The lowest BCUT2D eigenvalue weighted by Crippen LogP contribution is -2.38. The average molecular weight is 315 g/mol. The van der Waals surface area contributed by atoms with Crippen LogP contribution in [0.15, 0.2) is 45.6 Å². The van der Waals surface area contributed by atoms with Crippen molar-refractivity contribution >= 4 is 5.91 Å². The molecule has 0 aliphatic carbocycles. The number of carbonyl (C=O) groups excluding carboxylic acids is 1. The van der Waals surface area contributed by atoms with Gasteiger partial charge in [0.2, 0.25) is 0 Å². The second-order valence-corrected chi connectivity index (χ2v) is 5.83. The highest BCUT2D eigenvalue weighted by Crippen LogP contribution is 2.32. The minimum atomic E-state index is -0.320. The number of halogens is 1. The van der Waals surface area contributed by atoms with Crippen LogP contribution in [0.5, 0.6) is 0 Å². The molecule has 0 bridgehead atoms. The summed E-state index contributed by atoms with van der Waals surface area (Å²) in [6.07, 6.45) is 2.63. The topological polar surface area (TPSA) is 50.5 Å². The molecule has 1 aromatic carbocycles. The van der Waals surface area contributed by atoms with Gasteiger partial charge in [0.1, 0.15) is 11.6 Å². The fourth-order valence-corrected chi connectivity index (χ4v) is 3.09. The Bertz CT molecular complexity index is 784. The van der Waals surface area contributed by atoms with Crippen molar-refractivity contribution in [2.45, 2.75) is 32.2 Å². The number of piperidine rings is 1. The third-order valence-electron chi connectivity index (χ3n) is 4.10. The quantitative estimate of drug-likeness (QED) is 0.853. The Balaban J connectivity index is 1.94.